The second-order valence-corrected chi connectivity index (χ2v) is 7.55. The van der Waals surface area contributed by atoms with Gasteiger partial charge in [-0.05, 0) is 53.4 Å². The first-order valence-electron chi connectivity index (χ1n) is 7.63. The van der Waals surface area contributed by atoms with Crippen molar-refractivity contribution in [3.63, 3.8) is 0 Å². The lowest BCUT2D eigenvalue weighted by Gasteiger charge is -2.49. The zero-order valence-electron chi connectivity index (χ0n) is 14.3. The minimum atomic E-state index is -1.71. The summed E-state index contributed by atoms with van der Waals surface area (Å²) in [5, 5.41) is 38.5. The maximum Gasteiger partial charge on any atom is 0.310 e. The van der Waals surface area contributed by atoms with E-state index >= 15 is 0 Å². The van der Waals surface area contributed by atoms with Crippen LogP contribution in [0.4, 0.5) is 0 Å². The predicted molar refractivity (Wildman–Crippen MR) is 81.4 cm³/mol. The Kier molecular flexibility index (Phi) is 4.77. The minimum Gasteiger partial charge on any atom is -0.481 e. The third-order valence-electron chi connectivity index (χ3n) is 6.57. The first-order valence-corrected chi connectivity index (χ1v) is 7.63. The lowest BCUT2D eigenvalue weighted by Crippen LogP contribution is -2.56. The fourth-order valence-corrected chi connectivity index (χ4v) is 3.48. The number of carboxylic acids is 4. The SMILES string of the molecule is CC1(C(=O)O)CCC(C)(C(=O)O)C(C)(C(=O)O)CCC1(C)C(=O)O. The van der Waals surface area contributed by atoms with Crippen molar-refractivity contribution in [1.82, 2.24) is 0 Å². The zero-order valence-corrected chi connectivity index (χ0v) is 14.3. The lowest BCUT2D eigenvalue weighted by atomic mass is 9.51. The summed E-state index contributed by atoms with van der Waals surface area (Å²) < 4.78 is 0. The van der Waals surface area contributed by atoms with E-state index in [4.69, 9.17) is 0 Å². The van der Waals surface area contributed by atoms with Crippen molar-refractivity contribution in [3.8, 4) is 0 Å². The first-order chi connectivity index (χ1) is 10.7. The molecule has 0 amide bonds. The molecule has 1 aliphatic carbocycles. The van der Waals surface area contributed by atoms with E-state index in [9.17, 15) is 39.6 Å². The molecular formula is C16H24O8. The Morgan fingerprint density at radius 2 is 0.625 bits per heavy atom. The van der Waals surface area contributed by atoms with Gasteiger partial charge in [-0.1, -0.05) is 0 Å². The normalized spacial score (nSPS) is 40.2. The Morgan fingerprint density at radius 1 is 0.500 bits per heavy atom. The van der Waals surface area contributed by atoms with Crippen LogP contribution in [0.1, 0.15) is 53.4 Å². The first kappa shape index (κ1) is 19.9. The maximum absolute atomic E-state index is 11.8. The van der Waals surface area contributed by atoms with Gasteiger partial charge in [0.2, 0.25) is 0 Å². The van der Waals surface area contributed by atoms with Gasteiger partial charge >= 0.3 is 23.9 Å². The molecule has 4 N–H and O–H groups in total. The van der Waals surface area contributed by atoms with Crippen LogP contribution in [-0.4, -0.2) is 44.3 Å². The van der Waals surface area contributed by atoms with E-state index in [2.05, 4.69) is 0 Å². The summed E-state index contributed by atoms with van der Waals surface area (Å²) in [4.78, 5) is 47.2. The van der Waals surface area contributed by atoms with E-state index in [0.29, 0.717) is 0 Å². The third-order valence-corrected chi connectivity index (χ3v) is 6.57. The number of carboxylic acid groups (broad SMARTS) is 4. The molecule has 1 aliphatic rings. The summed E-state index contributed by atoms with van der Waals surface area (Å²) in [7, 11) is 0. The van der Waals surface area contributed by atoms with Crippen LogP contribution in [0.2, 0.25) is 0 Å². The molecule has 8 heteroatoms. The van der Waals surface area contributed by atoms with Crippen molar-refractivity contribution >= 4 is 23.9 Å². The average molecular weight is 344 g/mol. The van der Waals surface area contributed by atoms with E-state index in [1.54, 1.807) is 0 Å². The van der Waals surface area contributed by atoms with Gasteiger partial charge in [0.1, 0.15) is 0 Å². The molecule has 4 atom stereocenters. The number of hydrogen-bond donors (Lipinski definition) is 4. The third kappa shape index (κ3) is 2.44. The van der Waals surface area contributed by atoms with Crippen LogP contribution >= 0.6 is 0 Å². The fourth-order valence-electron chi connectivity index (χ4n) is 3.48. The molecular weight excluding hydrogens is 320 g/mol. The van der Waals surface area contributed by atoms with Crippen LogP contribution in [0.5, 0.6) is 0 Å². The second-order valence-electron chi connectivity index (χ2n) is 7.55. The van der Waals surface area contributed by atoms with Gasteiger partial charge in [-0.3, -0.25) is 19.2 Å². The molecule has 0 radical (unpaired) electrons. The average Bonchev–Trinajstić information content (AvgIpc) is 2.47. The van der Waals surface area contributed by atoms with Gasteiger partial charge < -0.3 is 20.4 Å². The van der Waals surface area contributed by atoms with Gasteiger partial charge in [-0.25, -0.2) is 0 Å². The molecule has 8 nitrogen and oxygen atoms in total. The van der Waals surface area contributed by atoms with E-state index in [1.165, 1.54) is 27.7 Å². The quantitative estimate of drug-likeness (QED) is 0.604. The highest BCUT2D eigenvalue weighted by Gasteiger charge is 2.63. The molecule has 1 rings (SSSR count). The van der Waals surface area contributed by atoms with Crippen LogP contribution < -0.4 is 0 Å². The molecule has 1 fully saturated rings. The van der Waals surface area contributed by atoms with Crippen molar-refractivity contribution in [2.24, 2.45) is 21.7 Å². The highest BCUT2D eigenvalue weighted by atomic mass is 16.4. The number of rotatable bonds is 4. The summed E-state index contributed by atoms with van der Waals surface area (Å²) in [6, 6.07) is 0. The van der Waals surface area contributed by atoms with Crippen molar-refractivity contribution in [2.75, 3.05) is 0 Å². The summed E-state index contributed by atoms with van der Waals surface area (Å²) in [6.07, 6.45) is -1.01. The highest BCUT2D eigenvalue weighted by Crippen LogP contribution is 2.57. The number of carbonyl (C=O) groups is 4. The van der Waals surface area contributed by atoms with Crippen LogP contribution in [0, 0.1) is 21.7 Å². The van der Waals surface area contributed by atoms with Crippen LogP contribution in [0.3, 0.4) is 0 Å². The molecule has 0 spiro atoms. The molecule has 0 aliphatic heterocycles. The van der Waals surface area contributed by atoms with Crippen LogP contribution in [0.25, 0.3) is 0 Å². The van der Waals surface area contributed by atoms with Crippen molar-refractivity contribution < 1.29 is 39.6 Å². The molecule has 0 aromatic carbocycles. The molecule has 4 unspecified atom stereocenters. The monoisotopic (exact) mass is 344 g/mol. The Hall–Kier alpha value is -2.12. The van der Waals surface area contributed by atoms with E-state index in [0.717, 1.165) is 0 Å². The van der Waals surface area contributed by atoms with Crippen LogP contribution in [-0.2, 0) is 19.2 Å². The van der Waals surface area contributed by atoms with Gasteiger partial charge in [0.15, 0.2) is 0 Å². The predicted octanol–water partition coefficient (Wildman–Crippen LogP) is 1.92. The second kappa shape index (κ2) is 5.75. The Balaban J connectivity index is 3.58. The summed E-state index contributed by atoms with van der Waals surface area (Å²) in [5.74, 6) is -5.34. The molecule has 0 aromatic heterocycles. The maximum atomic E-state index is 11.8. The Morgan fingerprint density at radius 3 is 0.708 bits per heavy atom. The molecule has 1 saturated carbocycles. The van der Waals surface area contributed by atoms with E-state index in [1.807, 2.05) is 0 Å². The Bertz CT molecular complexity index is 495. The molecule has 0 bridgehead atoms. The largest absolute Gasteiger partial charge is 0.481 e. The summed E-state index contributed by atoms with van der Waals surface area (Å²) in [5.41, 5.74) is -6.85. The van der Waals surface area contributed by atoms with E-state index in [-0.39, 0.29) is 25.7 Å². The van der Waals surface area contributed by atoms with Crippen molar-refractivity contribution in [2.45, 2.75) is 53.4 Å². The number of aliphatic carboxylic acids is 4. The molecule has 0 aromatic rings. The zero-order chi connectivity index (χ0) is 19.1. The standard InChI is InChI=1S/C16H24O8/c1-13(9(17)18)5-6-15(3,11(21)22)16(4,12(23)24)8-7-14(13,2)10(19)20/h5-8H2,1-4H3,(H,17,18)(H,19,20)(H,21,22)(H,23,24). The highest BCUT2D eigenvalue weighted by molar-refractivity contribution is 5.88. The van der Waals surface area contributed by atoms with Gasteiger partial charge in [0.05, 0.1) is 21.7 Å². The molecule has 0 heterocycles. The lowest BCUT2D eigenvalue weighted by molar-refractivity contribution is -0.187. The summed E-state index contributed by atoms with van der Waals surface area (Å²) in [6.45, 7) is 5.15. The molecule has 136 valence electrons. The molecule has 24 heavy (non-hydrogen) atoms. The van der Waals surface area contributed by atoms with Gasteiger partial charge in [0, 0.05) is 0 Å². The van der Waals surface area contributed by atoms with Crippen LogP contribution in [0.15, 0.2) is 0 Å². The van der Waals surface area contributed by atoms with Crippen molar-refractivity contribution in [1.29, 1.82) is 0 Å². The topological polar surface area (TPSA) is 149 Å². The Labute approximate surface area is 139 Å². The minimum absolute atomic E-state index is 0.253. The van der Waals surface area contributed by atoms with Gasteiger partial charge in [0.25, 0.3) is 0 Å². The van der Waals surface area contributed by atoms with Gasteiger partial charge in [-0.2, -0.15) is 0 Å². The summed E-state index contributed by atoms with van der Waals surface area (Å²) >= 11 is 0. The van der Waals surface area contributed by atoms with Crippen molar-refractivity contribution in [3.05, 3.63) is 0 Å². The smallest absolute Gasteiger partial charge is 0.310 e. The molecule has 0 saturated heterocycles. The van der Waals surface area contributed by atoms with E-state index < -0.39 is 45.5 Å². The van der Waals surface area contributed by atoms with Gasteiger partial charge in [-0.15, -0.1) is 0 Å². The fraction of sp³-hybridized carbons (Fsp3) is 0.750. The number of hydrogen-bond acceptors (Lipinski definition) is 4.